The lowest BCUT2D eigenvalue weighted by molar-refractivity contribution is -0.131. The fourth-order valence-corrected chi connectivity index (χ4v) is 6.47. The SMILES string of the molecule is CC(=O)C(C(C)=O)C1/C(=C\C=C(/N)c2cccc3cccc(C)c23)CC/C1=C/C=C(\C)c1cccc2cccc(N)c12. The molecule has 4 nitrogen and oxygen atoms in total. The standard InChI is InChI=1S/C38H38N2O2/c1-23(31-14-6-12-28-13-8-16-34(40)38(28)31)17-18-29-19-20-30(37(29)36(25(3)41)26(4)42)21-22-33(39)32-15-7-11-27-10-5-9-24(2)35(27)32/h5-18,21-22,36-37H,19-20,39-40H2,1-4H3/b23-17+,29-18-,30-21-,33-22-. The number of nitrogen functional groups attached to an aromatic ring is 1. The maximum Gasteiger partial charge on any atom is 0.141 e. The number of rotatable bonds is 7. The van der Waals surface area contributed by atoms with Gasteiger partial charge in [0.25, 0.3) is 0 Å². The molecular formula is C38H38N2O2. The summed E-state index contributed by atoms with van der Waals surface area (Å²) in [5.41, 5.74) is 20.8. The van der Waals surface area contributed by atoms with Gasteiger partial charge in [0, 0.05) is 28.3 Å². The van der Waals surface area contributed by atoms with Crippen molar-refractivity contribution in [3.8, 4) is 0 Å². The quantitative estimate of drug-likeness (QED) is 0.178. The number of aryl methyl sites for hydroxylation is 1. The summed E-state index contributed by atoms with van der Waals surface area (Å²) < 4.78 is 0. The predicted octanol–water partition coefficient (Wildman–Crippen LogP) is 8.34. The average Bonchev–Trinajstić information content (AvgIpc) is 3.35. The summed E-state index contributed by atoms with van der Waals surface area (Å²) in [6, 6.07) is 24.5. The minimum Gasteiger partial charge on any atom is -0.398 e. The monoisotopic (exact) mass is 554 g/mol. The normalized spacial score (nSPS) is 18.1. The highest BCUT2D eigenvalue weighted by Crippen LogP contribution is 2.42. The van der Waals surface area contributed by atoms with E-state index in [0.29, 0.717) is 5.70 Å². The van der Waals surface area contributed by atoms with Crippen LogP contribution in [0.4, 0.5) is 5.69 Å². The smallest absolute Gasteiger partial charge is 0.141 e. The third-order valence-corrected chi connectivity index (χ3v) is 8.52. The summed E-state index contributed by atoms with van der Waals surface area (Å²) in [5, 5.41) is 4.40. The maximum absolute atomic E-state index is 12.8. The van der Waals surface area contributed by atoms with Crippen LogP contribution in [0.2, 0.25) is 0 Å². The first-order valence-electron chi connectivity index (χ1n) is 14.5. The number of hydrogen-bond donors (Lipinski definition) is 2. The van der Waals surface area contributed by atoms with Crippen LogP contribution in [0.25, 0.3) is 32.8 Å². The Hall–Kier alpha value is -4.70. The lowest BCUT2D eigenvalue weighted by atomic mass is 9.79. The van der Waals surface area contributed by atoms with Crippen molar-refractivity contribution in [2.45, 2.75) is 40.5 Å². The number of fused-ring (bicyclic) bond motifs is 2. The van der Waals surface area contributed by atoms with Gasteiger partial charge in [0.1, 0.15) is 11.6 Å². The van der Waals surface area contributed by atoms with Gasteiger partial charge in [-0.25, -0.2) is 0 Å². The molecule has 4 aromatic rings. The van der Waals surface area contributed by atoms with Crippen molar-refractivity contribution < 1.29 is 9.59 Å². The molecule has 1 unspecified atom stereocenters. The fourth-order valence-electron chi connectivity index (χ4n) is 6.47. The zero-order valence-electron chi connectivity index (χ0n) is 24.8. The fraction of sp³-hybridized carbons (Fsp3) is 0.211. The molecule has 1 saturated carbocycles. The Morgan fingerprint density at radius 3 is 1.88 bits per heavy atom. The van der Waals surface area contributed by atoms with E-state index in [-0.39, 0.29) is 17.5 Å². The second kappa shape index (κ2) is 12.0. The van der Waals surface area contributed by atoms with Crippen LogP contribution in [0, 0.1) is 18.8 Å². The second-order valence-electron chi connectivity index (χ2n) is 11.4. The van der Waals surface area contributed by atoms with Crippen molar-refractivity contribution in [1.82, 2.24) is 0 Å². The average molecular weight is 555 g/mol. The van der Waals surface area contributed by atoms with Crippen molar-refractivity contribution >= 4 is 50.1 Å². The summed E-state index contributed by atoms with van der Waals surface area (Å²) >= 11 is 0. The number of carbonyl (C=O) groups is 2. The molecule has 1 aliphatic rings. The molecule has 0 radical (unpaired) electrons. The maximum atomic E-state index is 12.8. The van der Waals surface area contributed by atoms with E-state index in [0.717, 1.165) is 67.9 Å². The molecule has 4 N–H and O–H groups in total. The Morgan fingerprint density at radius 2 is 1.26 bits per heavy atom. The molecule has 0 aliphatic heterocycles. The Balaban J connectivity index is 1.55. The number of allylic oxidation sites excluding steroid dienone is 7. The number of Topliss-reactive ketones (excluding diaryl/α,β-unsaturated/α-hetero) is 2. The molecule has 0 bridgehead atoms. The van der Waals surface area contributed by atoms with Gasteiger partial charge in [-0.2, -0.15) is 0 Å². The lowest BCUT2D eigenvalue weighted by Crippen LogP contribution is -2.28. The summed E-state index contributed by atoms with van der Waals surface area (Å²) in [6.07, 6.45) is 9.68. The molecule has 5 rings (SSSR count). The molecule has 42 heavy (non-hydrogen) atoms. The van der Waals surface area contributed by atoms with E-state index in [1.807, 2.05) is 42.5 Å². The zero-order chi connectivity index (χ0) is 30.0. The third kappa shape index (κ3) is 5.58. The molecule has 1 atom stereocenters. The van der Waals surface area contributed by atoms with Crippen molar-refractivity contribution in [2.24, 2.45) is 17.6 Å². The molecule has 0 saturated heterocycles. The van der Waals surface area contributed by atoms with Gasteiger partial charge in [0.2, 0.25) is 0 Å². The molecule has 4 aromatic carbocycles. The lowest BCUT2D eigenvalue weighted by Gasteiger charge is -2.22. The number of ketones is 2. The van der Waals surface area contributed by atoms with Crippen LogP contribution in [-0.4, -0.2) is 11.6 Å². The summed E-state index contributed by atoms with van der Waals surface area (Å²) in [5.74, 6) is -1.24. The minimum atomic E-state index is -0.721. The van der Waals surface area contributed by atoms with Gasteiger partial charge in [-0.3, -0.25) is 9.59 Å². The van der Waals surface area contributed by atoms with E-state index < -0.39 is 5.92 Å². The summed E-state index contributed by atoms with van der Waals surface area (Å²) in [4.78, 5) is 25.6. The first-order valence-corrected chi connectivity index (χ1v) is 14.5. The molecule has 212 valence electrons. The molecule has 0 spiro atoms. The number of hydrogen-bond acceptors (Lipinski definition) is 4. The topological polar surface area (TPSA) is 86.2 Å². The minimum absolute atomic E-state index is 0.115. The van der Waals surface area contributed by atoms with Crippen LogP contribution in [-0.2, 0) is 9.59 Å². The second-order valence-corrected chi connectivity index (χ2v) is 11.4. The summed E-state index contributed by atoms with van der Waals surface area (Å²) in [6.45, 7) is 7.20. The predicted molar refractivity (Wildman–Crippen MR) is 177 cm³/mol. The van der Waals surface area contributed by atoms with Crippen molar-refractivity contribution in [1.29, 1.82) is 0 Å². The van der Waals surface area contributed by atoms with Gasteiger partial charge in [-0.15, -0.1) is 0 Å². The van der Waals surface area contributed by atoms with Crippen molar-refractivity contribution in [3.05, 3.63) is 125 Å². The van der Waals surface area contributed by atoms with Crippen LogP contribution in [0.5, 0.6) is 0 Å². The molecule has 1 aliphatic carbocycles. The van der Waals surface area contributed by atoms with Gasteiger partial charge in [0.05, 0.1) is 5.92 Å². The Bertz CT molecular complexity index is 1690. The molecular weight excluding hydrogens is 516 g/mol. The Kier molecular flexibility index (Phi) is 8.26. The largest absolute Gasteiger partial charge is 0.398 e. The van der Waals surface area contributed by atoms with E-state index >= 15 is 0 Å². The van der Waals surface area contributed by atoms with E-state index in [1.165, 1.54) is 19.4 Å². The number of carbonyl (C=O) groups excluding carboxylic acids is 2. The highest BCUT2D eigenvalue weighted by Gasteiger charge is 2.37. The van der Waals surface area contributed by atoms with E-state index in [1.54, 1.807) is 0 Å². The van der Waals surface area contributed by atoms with Crippen molar-refractivity contribution in [2.75, 3.05) is 5.73 Å². The first-order chi connectivity index (χ1) is 20.2. The number of anilines is 1. The highest BCUT2D eigenvalue weighted by atomic mass is 16.1. The van der Waals surface area contributed by atoms with Crippen LogP contribution in [0.3, 0.4) is 0 Å². The molecule has 0 heterocycles. The van der Waals surface area contributed by atoms with Gasteiger partial charge < -0.3 is 11.5 Å². The third-order valence-electron chi connectivity index (χ3n) is 8.52. The van der Waals surface area contributed by atoms with Gasteiger partial charge in [-0.1, -0.05) is 96.1 Å². The van der Waals surface area contributed by atoms with Gasteiger partial charge in [0.15, 0.2) is 0 Å². The van der Waals surface area contributed by atoms with Crippen LogP contribution < -0.4 is 11.5 Å². The van der Waals surface area contributed by atoms with Crippen LogP contribution in [0.15, 0.2) is 108 Å². The first kappa shape index (κ1) is 28.8. The Morgan fingerprint density at radius 1 is 0.738 bits per heavy atom. The molecule has 1 fully saturated rings. The van der Waals surface area contributed by atoms with E-state index in [9.17, 15) is 9.59 Å². The van der Waals surface area contributed by atoms with Crippen LogP contribution in [0.1, 0.15) is 50.3 Å². The highest BCUT2D eigenvalue weighted by molar-refractivity contribution is 6.02. The van der Waals surface area contributed by atoms with Crippen molar-refractivity contribution in [3.63, 3.8) is 0 Å². The van der Waals surface area contributed by atoms with Crippen LogP contribution >= 0.6 is 0 Å². The molecule has 0 aromatic heterocycles. The Labute approximate surface area is 248 Å². The van der Waals surface area contributed by atoms with E-state index in [4.69, 9.17) is 11.5 Å². The van der Waals surface area contributed by atoms with Gasteiger partial charge >= 0.3 is 0 Å². The van der Waals surface area contributed by atoms with Gasteiger partial charge in [-0.05, 0) is 85.5 Å². The molecule has 4 heteroatoms. The van der Waals surface area contributed by atoms with E-state index in [2.05, 4.69) is 68.5 Å². The molecule has 0 amide bonds. The zero-order valence-corrected chi connectivity index (χ0v) is 24.8. The number of benzene rings is 4. The number of nitrogens with two attached hydrogens (primary N) is 2. The summed E-state index contributed by atoms with van der Waals surface area (Å²) in [7, 11) is 0.